The van der Waals surface area contributed by atoms with Crippen LogP contribution in [0.25, 0.3) is 5.65 Å². The molecule has 0 bridgehead atoms. The molecule has 1 fully saturated rings. The van der Waals surface area contributed by atoms with Crippen LogP contribution in [0.15, 0.2) is 12.1 Å². The zero-order chi connectivity index (χ0) is 15.5. The summed E-state index contributed by atoms with van der Waals surface area (Å²) in [5.74, 6) is 1.57. The van der Waals surface area contributed by atoms with E-state index >= 15 is 0 Å². The third kappa shape index (κ3) is 3.72. The third-order valence-electron chi connectivity index (χ3n) is 3.77. The van der Waals surface area contributed by atoms with Gasteiger partial charge in [-0.25, -0.2) is 4.98 Å². The number of rotatable bonds is 5. The molecule has 0 radical (unpaired) electrons. The van der Waals surface area contributed by atoms with Crippen LogP contribution in [0.4, 0.5) is 5.82 Å². The second-order valence-corrected chi connectivity index (χ2v) is 6.02. The molecule has 2 atom stereocenters. The zero-order valence-electron chi connectivity index (χ0n) is 13.5. The Kier molecular flexibility index (Phi) is 4.54. The Hall–Kier alpha value is -1.73. The standard InChI is InChI=1S/C15H24N6O/c1-11-9-20(10-12(2)22-11)8-4-7-16-14-5-6-15-17-13(3)18-21(15)19-14/h5-6,11-12H,4,7-10H2,1-3H3,(H,16,19)/t11-,12-/m0/s1. The smallest absolute Gasteiger partial charge is 0.176 e. The van der Waals surface area contributed by atoms with E-state index in [4.69, 9.17) is 4.74 Å². The van der Waals surface area contributed by atoms with Crippen molar-refractivity contribution >= 4 is 11.5 Å². The number of aryl methyl sites for hydroxylation is 1. The van der Waals surface area contributed by atoms with Crippen LogP contribution in [0, 0.1) is 6.92 Å². The van der Waals surface area contributed by atoms with Crippen LogP contribution in [-0.4, -0.2) is 63.1 Å². The summed E-state index contributed by atoms with van der Waals surface area (Å²) in [6, 6.07) is 3.88. The highest BCUT2D eigenvalue weighted by Crippen LogP contribution is 2.11. The normalized spacial score (nSPS) is 23.0. The van der Waals surface area contributed by atoms with Crippen molar-refractivity contribution in [1.29, 1.82) is 0 Å². The number of anilines is 1. The van der Waals surface area contributed by atoms with Gasteiger partial charge in [0.2, 0.25) is 0 Å². The number of hydrogen-bond acceptors (Lipinski definition) is 6. The molecule has 0 amide bonds. The van der Waals surface area contributed by atoms with E-state index in [0.29, 0.717) is 12.2 Å². The van der Waals surface area contributed by atoms with E-state index in [-0.39, 0.29) is 0 Å². The predicted octanol–water partition coefficient (Wildman–Crippen LogP) is 1.34. The summed E-state index contributed by atoms with van der Waals surface area (Å²) >= 11 is 0. The van der Waals surface area contributed by atoms with Crippen LogP contribution >= 0.6 is 0 Å². The van der Waals surface area contributed by atoms with Gasteiger partial charge in [0, 0.05) is 26.2 Å². The van der Waals surface area contributed by atoms with Gasteiger partial charge in [-0.05, 0) is 39.3 Å². The van der Waals surface area contributed by atoms with Gasteiger partial charge in [0.25, 0.3) is 0 Å². The first-order chi connectivity index (χ1) is 10.6. The Morgan fingerprint density at radius 1 is 1.23 bits per heavy atom. The summed E-state index contributed by atoms with van der Waals surface area (Å²) in [6.07, 6.45) is 1.74. The van der Waals surface area contributed by atoms with E-state index in [1.54, 1.807) is 4.63 Å². The maximum absolute atomic E-state index is 5.75. The van der Waals surface area contributed by atoms with Crippen molar-refractivity contribution in [3.63, 3.8) is 0 Å². The molecule has 3 heterocycles. The van der Waals surface area contributed by atoms with E-state index in [1.807, 2.05) is 19.1 Å². The number of fused-ring (bicyclic) bond motifs is 1. The van der Waals surface area contributed by atoms with Crippen molar-refractivity contribution in [2.24, 2.45) is 0 Å². The molecule has 1 aliphatic rings. The van der Waals surface area contributed by atoms with Crippen molar-refractivity contribution in [1.82, 2.24) is 24.7 Å². The third-order valence-corrected chi connectivity index (χ3v) is 3.77. The minimum atomic E-state index is 0.330. The molecule has 22 heavy (non-hydrogen) atoms. The number of nitrogens with zero attached hydrogens (tertiary/aromatic N) is 5. The first-order valence-corrected chi connectivity index (χ1v) is 7.92. The number of morpholine rings is 1. The summed E-state index contributed by atoms with van der Waals surface area (Å²) in [7, 11) is 0. The average molecular weight is 304 g/mol. The maximum atomic E-state index is 5.75. The van der Waals surface area contributed by atoms with Crippen LogP contribution in [0.2, 0.25) is 0 Å². The fraction of sp³-hybridized carbons (Fsp3) is 0.667. The van der Waals surface area contributed by atoms with Crippen LogP contribution in [-0.2, 0) is 4.74 Å². The molecule has 1 aliphatic heterocycles. The zero-order valence-corrected chi connectivity index (χ0v) is 13.5. The highest BCUT2D eigenvalue weighted by Gasteiger charge is 2.21. The summed E-state index contributed by atoms with van der Waals surface area (Å²) in [5.41, 5.74) is 0.777. The molecule has 0 saturated carbocycles. The largest absolute Gasteiger partial charge is 0.373 e. The fourth-order valence-electron chi connectivity index (χ4n) is 2.97. The minimum absolute atomic E-state index is 0.330. The molecule has 0 unspecified atom stereocenters. The van der Waals surface area contributed by atoms with Crippen LogP contribution in [0.3, 0.4) is 0 Å². The Balaban J connectivity index is 1.45. The molecule has 0 aromatic carbocycles. The summed E-state index contributed by atoms with van der Waals surface area (Å²) in [6.45, 7) is 10.2. The van der Waals surface area contributed by atoms with Gasteiger partial charge in [-0.3, -0.25) is 4.90 Å². The molecule has 0 spiro atoms. The topological polar surface area (TPSA) is 67.6 Å². The SMILES string of the molecule is Cc1nc2ccc(NCCCN3C[C@H](C)O[C@@H](C)C3)nn2n1. The molecule has 1 saturated heterocycles. The van der Waals surface area contributed by atoms with Crippen molar-refractivity contribution < 1.29 is 4.74 Å². The van der Waals surface area contributed by atoms with Gasteiger partial charge >= 0.3 is 0 Å². The monoisotopic (exact) mass is 304 g/mol. The van der Waals surface area contributed by atoms with E-state index < -0.39 is 0 Å². The van der Waals surface area contributed by atoms with Gasteiger partial charge in [0.1, 0.15) is 11.6 Å². The predicted molar refractivity (Wildman–Crippen MR) is 85.1 cm³/mol. The maximum Gasteiger partial charge on any atom is 0.176 e. The van der Waals surface area contributed by atoms with E-state index in [1.165, 1.54) is 0 Å². The van der Waals surface area contributed by atoms with Gasteiger partial charge in [-0.1, -0.05) is 0 Å². The Labute approximate surface area is 130 Å². The molecule has 7 heteroatoms. The number of aromatic nitrogens is 4. The Morgan fingerprint density at radius 3 is 2.77 bits per heavy atom. The minimum Gasteiger partial charge on any atom is -0.373 e. The second kappa shape index (κ2) is 6.58. The average Bonchev–Trinajstić information content (AvgIpc) is 2.82. The van der Waals surface area contributed by atoms with Gasteiger partial charge in [0.15, 0.2) is 5.65 Å². The molecule has 7 nitrogen and oxygen atoms in total. The summed E-state index contributed by atoms with van der Waals surface area (Å²) in [5, 5.41) is 12.0. The van der Waals surface area contributed by atoms with Gasteiger partial charge < -0.3 is 10.1 Å². The van der Waals surface area contributed by atoms with Gasteiger partial charge in [-0.15, -0.1) is 14.8 Å². The number of hydrogen-bond donors (Lipinski definition) is 1. The Morgan fingerprint density at radius 2 is 2.00 bits per heavy atom. The number of nitrogens with one attached hydrogen (secondary N) is 1. The molecule has 2 aromatic rings. The van der Waals surface area contributed by atoms with E-state index in [2.05, 4.69) is 39.2 Å². The molecular formula is C15H24N6O. The van der Waals surface area contributed by atoms with E-state index in [0.717, 1.165) is 49.9 Å². The second-order valence-electron chi connectivity index (χ2n) is 6.02. The van der Waals surface area contributed by atoms with Crippen LogP contribution < -0.4 is 5.32 Å². The van der Waals surface area contributed by atoms with Gasteiger partial charge in [0.05, 0.1) is 12.2 Å². The molecule has 3 rings (SSSR count). The van der Waals surface area contributed by atoms with Crippen LogP contribution in [0.5, 0.6) is 0 Å². The molecule has 0 aliphatic carbocycles. The quantitative estimate of drug-likeness (QED) is 0.841. The van der Waals surface area contributed by atoms with Crippen molar-refractivity contribution in [2.45, 2.75) is 39.4 Å². The number of ether oxygens (including phenoxy) is 1. The molecular weight excluding hydrogens is 280 g/mol. The lowest BCUT2D eigenvalue weighted by molar-refractivity contribution is -0.0678. The first-order valence-electron chi connectivity index (χ1n) is 7.92. The highest BCUT2D eigenvalue weighted by atomic mass is 16.5. The molecule has 120 valence electrons. The highest BCUT2D eigenvalue weighted by molar-refractivity contribution is 5.43. The van der Waals surface area contributed by atoms with Crippen molar-refractivity contribution in [3.05, 3.63) is 18.0 Å². The van der Waals surface area contributed by atoms with Gasteiger partial charge in [-0.2, -0.15) is 0 Å². The van der Waals surface area contributed by atoms with Crippen LogP contribution in [0.1, 0.15) is 26.1 Å². The lowest BCUT2D eigenvalue weighted by atomic mass is 10.2. The first kappa shape index (κ1) is 15.2. The molecule has 1 N–H and O–H groups in total. The lowest BCUT2D eigenvalue weighted by Crippen LogP contribution is -2.45. The fourth-order valence-corrected chi connectivity index (χ4v) is 2.97. The van der Waals surface area contributed by atoms with E-state index in [9.17, 15) is 0 Å². The summed E-state index contributed by atoms with van der Waals surface area (Å²) < 4.78 is 7.32. The Bertz CT molecular complexity index is 618. The van der Waals surface area contributed by atoms with Crippen molar-refractivity contribution in [2.75, 3.05) is 31.5 Å². The van der Waals surface area contributed by atoms with Crippen molar-refractivity contribution in [3.8, 4) is 0 Å². The summed E-state index contributed by atoms with van der Waals surface area (Å²) in [4.78, 5) is 6.74. The molecule has 2 aromatic heterocycles. The lowest BCUT2D eigenvalue weighted by Gasteiger charge is -2.35.